The molecule has 1 aliphatic rings. The second-order valence-electron chi connectivity index (χ2n) is 5.69. The maximum Gasteiger partial charge on any atom is 0.143 e. The van der Waals surface area contributed by atoms with Gasteiger partial charge in [0.15, 0.2) is 0 Å². The predicted molar refractivity (Wildman–Crippen MR) is 78.9 cm³/mol. The summed E-state index contributed by atoms with van der Waals surface area (Å²) in [5.74, 6) is 1.76. The molecule has 1 atom stereocenters. The third kappa shape index (κ3) is 2.23. The van der Waals surface area contributed by atoms with Crippen LogP contribution in [0.25, 0.3) is 10.9 Å². The van der Waals surface area contributed by atoms with Crippen molar-refractivity contribution in [3.63, 3.8) is 0 Å². The Bertz CT molecular complexity index is 594. The number of rotatable bonds is 3. The Morgan fingerprint density at radius 1 is 1.42 bits per heavy atom. The van der Waals surface area contributed by atoms with Crippen molar-refractivity contribution >= 4 is 10.9 Å². The van der Waals surface area contributed by atoms with Crippen molar-refractivity contribution in [2.24, 2.45) is 13.0 Å². The van der Waals surface area contributed by atoms with Crippen LogP contribution in [0.1, 0.15) is 17.5 Å². The van der Waals surface area contributed by atoms with Gasteiger partial charge in [0.05, 0.1) is 12.6 Å². The summed E-state index contributed by atoms with van der Waals surface area (Å²) in [6, 6.07) is 4.40. The van der Waals surface area contributed by atoms with Gasteiger partial charge in [-0.25, -0.2) is 0 Å². The van der Waals surface area contributed by atoms with E-state index < -0.39 is 0 Å². The number of ether oxygens (including phenoxy) is 1. The fourth-order valence-corrected chi connectivity index (χ4v) is 3.24. The van der Waals surface area contributed by atoms with Crippen molar-refractivity contribution in [2.45, 2.75) is 19.8 Å². The number of nitrogens with zero attached hydrogens (tertiary/aromatic N) is 1. The highest BCUT2D eigenvalue weighted by molar-refractivity contribution is 5.90. The number of benzene rings is 1. The lowest BCUT2D eigenvalue weighted by atomic mass is 9.97. The summed E-state index contributed by atoms with van der Waals surface area (Å²) < 4.78 is 7.74. The minimum absolute atomic E-state index is 0.775. The van der Waals surface area contributed by atoms with Gasteiger partial charge in [0.25, 0.3) is 0 Å². The molecule has 1 N–H and O–H groups in total. The van der Waals surface area contributed by atoms with Crippen LogP contribution >= 0.6 is 0 Å². The zero-order chi connectivity index (χ0) is 13.4. The smallest absolute Gasteiger partial charge is 0.143 e. The summed E-state index contributed by atoms with van der Waals surface area (Å²) >= 11 is 0. The monoisotopic (exact) mass is 258 g/mol. The third-order valence-electron chi connectivity index (χ3n) is 4.16. The third-order valence-corrected chi connectivity index (χ3v) is 4.16. The zero-order valence-electron chi connectivity index (χ0n) is 12.0. The molecule has 3 heteroatoms. The molecular weight excluding hydrogens is 236 g/mol. The molecule has 102 valence electrons. The van der Waals surface area contributed by atoms with Gasteiger partial charge < -0.3 is 14.6 Å². The molecule has 3 rings (SSSR count). The van der Waals surface area contributed by atoms with E-state index in [1.165, 1.54) is 28.5 Å². The van der Waals surface area contributed by atoms with Crippen LogP contribution in [0.3, 0.4) is 0 Å². The quantitative estimate of drug-likeness (QED) is 0.916. The van der Waals surface area contributed by atoms with Gasteiger partial charge in [-0.1, -0.05) is 0 Å². The molecule has 19 heavy (non-hydrogen) atoms. The van der Waals surface area contributed by atoms with Gasteiger partial charge in [-0.3, -0.25) is 0 Å². The van der Waals surface area contributed by atoms with Crippen LogP contribution in [0.5, 0.6) is 5.75 Å². The molecule has 1 aromatic heterocycles. The van der Waals surface area contributed by atoms with Crippen LogP contribution in [-0.2, 0) is 13.5 Å². The molecule has 0 radical (unpaired) electrons. The molecule has 2 aromatic rings. The highest BCUT2D eigenvalue weighted by atomic mass is 16.5. The maximum atomic E-state index is 5.54. The van der Waals surface area contributed by atoms with Crippen molar-refractivity contribution in [1.82, 2.24) is 9.88 Å². The van der Waals surface area contributed by atoms with Gasteiger partial charge in [-0.05, 0) is 62.0 Å². The number of aryl methyl sites for hydroxylation is 2. The molecule has 1 aliphatic heterocycles. The van der Waals surface area contributed by atoms with Crippen LogP contribution in [0.15, 0.2) is 18.3 Å². The van der Waals surface area contributed by atoms with Crippen LogP contribution in [0.4, 0.5) is 0 Å². The van der Waals surface area contributed by atoms with Crippen LogP contribution < -0.4 is 10.1 Å². The molecule has 2 heterocycles. The van der Waals surface area contributed by atoms with Crippen molar-refractivity contribution in [2.75, 3.05) is 20.2 Å². The molecule has 1 unspecified atom stereocenters. The van der Waals surface area contributed by atoms with Gasteiger partial charge in [-0.15, -0.1) is 0 Å². The highest BCUT2D eigenvalue weighted by Crippen LogP contribution is 2.32. The van der Waals surface area contributed by atoms with E-state index in [0.29, 0.717) is 0 Å². The van der Waals surface area contributed by atoms with E-state index >= 15 is 0 Å². The molecule has 1 saturated heterocycles. The van der Waals surface area contributed by atoms with Crippen molar-refractivity contribution in [3.05, 3.63) is 29.5 Å². The number of hydrogen-bond acceptors (Lipinski definition) is 2. The first-order valence-corrected chi connectivity index (χ1v) is 7.02. The SMILES string of the molecule is COc1cc(C)cc2c(CC3CCNC3)cn(C)c12. The van der Waals surface area contributed by atoms with Crippen molar-refractivity contribution in [3.8, 4) is 5.75 Å². The maximum absolute atomic E-state index is 5.54. The topological polar surface area (TPSA) is 26.2 Å². The normalized spacial score (nSPS) is 19.2. The Balaban J connectivity index is 2.07. The van der Waals surface area contributed by atoms with E-state index in [0.717, 1.165) is 31.2 Å². The molecular formula is C16H22N2O. The number of methoxy groups -OCH3 is 1. The lowest BCUT2D eigenvalue weighted by molar-refractivity contribution is 0.417. The minimum Gasteiger partial charge on any atom is -0.495 e. The Labute approximate surface area is 114 Å². The predicted octanol–water partition coefficient (Wildman–Crippen LogP) is 2.65. The van der Waals surface area contributed by atoms with E-state index in [2.05, 4.69) is 42.2 Å². The van der Waals surface area contributed by atoms with Crippen molar-refractivity contribution in [1.29, 1.82) is 0 Å². The summed E-state index contributed by atoms with van der Waals surface area (Å²) in [5, 5.41) is 4.80. The van der Waals surface area contributed by atoms with Crippen LogP contribution in [0.2, 0.25) is 0 Å². The Hall–Kier alpha value is -1.48. The first-order chi connectivity index (χ1) is 9.19. The second kappa shape index (κ2) is 4.89. The van der Waals surface area contributed by atoms with Gasteiger partial charge >= 0.3 is 0 Å². The van der Waals surface area contributed by atoms with E-state index in [1.54, 1.807) is 7.11 Å². The minimum atomic E-state index is 0.775. The molecule has 0 spiro atoms. The largest absolute Gasteiger partial charge is 0.495 e. The fourth-order valence-electron chi connectivity index (χ4n) is 3.24. The molecule has 0 amide bonds. The number of aromatic nitrogens is 1. The summed E-state index contributed by atoms with van der Waals surface area (Å²) in [6.45, 7) is 4.45. The van der Waals surface area contributed by atoms with Gasteiger partial charge in [0.1, 0.15) is 5.75 Å². The molecule has 1 aromatic carbocycles. The lowest BCUT2D eigenvalue weighted by Gasteiger charge is -2.08. The summed E-state index contributed by atoms with van der Waals surface area (Å²) in [4.78, 5) is 0. The molecule has 0 bridgehead atoms. The number of fused-ring (bicyclic) bond motifs is 1. The average molecular weight is 258 g/mol. The van der Waals surface area contributed by atoms with E-state index in [4.69, 9.17) is 4.74 Å². The first-order valence-electron chi connectivity index (χ1n) is 7.02. The van der Waals surface area contributed by atoms with E-state index in [-0.39, 0.29) is 0 Å². The molecule has 3 nitrogen and oxygen atoms in total. The van der Waals surface area contributed by atoms with E-state index in [9.17, 15) is 0 Å². The van der Waals surface area contributed by atoms with Crippen LogP contribution in [-0.4, -0.2) is 24.8 Å². The molecule has 0 aliphatic carbocycles. The molecule has 0 saturated carbocycles. The summed E-state index contributed by atoms with van der Waals surface area (Å²) in [6.07, 6.45) is 4.72. The van der Waals surface area contributed by atoms with Crippen molar-refractivity contribution < 1.29 is 4.74 Å². The Morgan fingerprint density at radius 2 is 2.26 bits per heavy atom. The van der Waals surface area contributed by atoms with Gasteiger partial charge in [0.2, 0.25) is 0 Å². The molecule has 1 fully saturated rings. The van der Waals surface area contributed by atoms with Gasteiger partial charge in [-0.2, -0.15) is 0 Å². The van der Waals surface area contributed by atoms with Gasteiger partial charge in [0, 0.05) is 18.6 Å². The fraction of sp³-hybridized carbons (Fsp3) is 0.500. The highest BCUT2D eigenvalue weighted by Gasteiger charge is 2.18. The summed E-state index contributed by atoms with van der Waals surface area (Å²) in [5.41, 5.74) is 3.93. The second-order valence-corrected chi connectivity index (χ2v) is 5.69. The number of nitrogens with one attached hydrogen (secondary N) is 1. The van der Waals surface area contributed by atoms with Crippen LogP contribution in [0, 0.1) is 12.8 Å². The Kier molecular flexibility index (Phi) is 3.23. The zero-order valence-corrected chi connectivity index (χ0v) is 12.0. The van der Waals surface area contributed by atoms with E-state index in [1.807, 2.05) is 0 Å². The first kappa shape index (κ1) is 12.5. The number of hydrogen-bond donors (Lipinski definition) is 1. The standard InChI is InChI=1S/C16H22N2O/c1-11-6-14-13(8-12-4-5-17-9-12)10-18(2)16(14)15(7-11)19-3/h6-7,10,12,17H,4-5,8-9H2,1-3H3. The Morgan fingerprint density at radius 3 is 2.95 bits per heavy atom. The summed E-state index contributed by atoms with van der Waals surface area (Å²) in [7, 11) is 3.86. The lowest BCUT2D eigenvalue weighted by Crippen LogP contribution is -2.10. The average Bonchev–Trinajstić information content (AvgIpc) is 2.98.